The Morgan fingerprint density at radius 1 is 1.29 bits per heavy atom. The molecule has 0 unspecified atom stereocenters. The Balaban J connectivity index is 1.43. The fourth-order valence-corrected chi connectivity index (χ4v) is 4.73. The number of rotatable bonds is 10. The number of ether oxygens (including phenoxy) is 1. The first-order valence-corrected chi connectivity index (χ1v) is 11.7. The molecule has 11 nitrogen and oxygen atoms in total. The number of fused-ring (bicyclic) bond motifs is 1. The molecule has 1 aliphatic rings. The Morgan fingerprint density at radius 3 is 2.88 bits per heavy atom. The third-order valence-corrected chi connectivity index (χ3v) is 6.58. The molecule has 1 aromatic carbocycles. The number of carboxylic acids is 1. The van der Waals surface area contributed by atoms with Crippen molar-refractivity contribution in [2.24, 2.45) is 5.73 Å². The maximum atomic E-state index is 13.4. The largest absolute Gasteiger partial charge is 0.480 e. The van der Waals surface area contributed by atoms with E-state index in [9.17, 15) is 19.4 Å². The van der Waals surface area contributed by atoms with Gasteiger partial charge in [0.15, 0.2) is 23.2 Å². The number of carboxylic acid groups (broad SMARTS) is 1. The van der Waals surface area contributed by atoms with Crippen LogP contribution in [0.15, 0.2) is 36.9 Å². The highest BCUT2D eigenvalue weighted by atomic mass is 32.2. The summed E-state index contributed by atoms with van der Waals surface area (Å²) in [6.45, 7) is 0.322. The number of aliphatic hydroxyl groups is 2. The van der Waals surface area contributed by atoms with Crippen LogP contribution in [0.5, 0.6) is 0 Å². The van der Waals surface area contributed by atoms with Crippen LogP contribution in [0.2, 0.25) is 0 Å². The van der Waals surface area contributed by atoms with E-state index in [1.807, 2.05) is 0 Å². The number of nitrogens with two attached hydrogens (primary N) is 1. The Kier molecular flexibility index (Phi) is 7.58. The van der Waals surface area contributed by atoms with Gasteiger partial charge in [-0.25, -0.2) is 19.3 Å². The van der Waals surface area contributed by atoms with E-state index in [1.165, 1.54) is 41.1 Å². The fourth-order valence-electron chi connectivity index (χ4n) is 3.63. The number of nitrogens with zero attached hydrogens (tertiary/aromatic N) is 4. The summed E-state index contributed by atoms with van der Waals surface area (Å²) in [6, 6.07) is 5.25. The topological polar surface area (TPSA) is 169 Å². The first kappa shape index (κ1) is 24.3. The molecule has 182 valence electrons. The van der Waals surface area contributed by atoms with Gasteiger partial charge >= 0.3 is 5.97 Å². The highest BCUT2D eigenvalue weighted by Gasteiger charge is 2.44. The molecule has 0 aliphatic carbocycles. The summed E-state index contributed by atoms with van der Waals surface area (Å²) in [7, 11) is 0. The predicted octanol–water partition coefficient (Wildman–Crippen LogP) is 0.732. The summed E-state index contributed by atoms with van der Waals surface area (Å²) in [5.41, 5.74) is 7.06. The number of nitrogens with one attached hydrogen (secondary N) is 1. The van der Waals surface area contributed by atoms with E-state index < -0.39 is 36.6 Å². The lowest BCUT2D eigenvalue weighted by molar-refractivity contribution is -0.138. The molecule has 34 heavy (non-hydrogen) atoms. The number of aliphatic carboxylic acids is 1. The van der Waals surface area contributed by atoms with Gasteiger partial charge < -0.3 is 31.1 Å². The molecule has 3 heterocycles. The number of aromatic nitrogens is 4. The second-order valence-corrected chi connectivity index (χ2v) is 9.03. The number of benzene rings is 1. The Labute approximate surface area is 198 Å². The summed E-state index contributed by atoms with van der Waals surface area (Å²) in [6.07, 6.45) is -0.879. The van der Waals surface area contributed by atoms with Crippen molar-refractivity contribution in [1.29, 1.82) is 0 Å². The van der Waals surface area contributed by atoms with Gasteiger partial charge in [0.1, 0.15) is 30.4 Å². The van der Waals surface area contributed by atoms with E-state index in [0.717, 1.165) is 5.56 Å². The van der Waals surface area contributed by atoms with Gasteiger partial charge in [-0.15, -0.1) is 0 Å². The van der Waals surface area contributed by atoms with Gasteiger partial charge in [0.25, 0.3) is 0 Å². The minimum absolute atomic E-state index is 0.281. The zero-order chi connectivity index (χ0) is 24.2. The number of hydrogen-bond acceptors (Lipinski definition) is 10. The zero-order valence-corrected chi connectivity index (χ0v) is 18.8. The molecule has 4 rings (SSSR count). The summed E-state index contributed by atoms with van der Waals surface area (Å²) < 4.78 is 20.9. The zero-order valence-electron chi connectivity index (χ0n) is 18.0. The molecule has 1 aliphatic heterocycles. The molecule has 0 spiro atoms. The highest BCUT2D eigenvalue weighted by molar-refractivity contribution is 7.99. The van der Waals surface area contributed by atoms with Gasteiger partial charge in [-0.3, -0.25) is 9.36 Å². The standard InChI is InChI=1S/C21H25FN6O5S/c22-12-3-1-2-11(6-12)7-24-18-15-19(26-9-25-18)28(10-27-15)20-17(30)16(29)14(33-20)8-34-5-4-13(23)21(31)32/h1-3,6,9-10,13-14,16-17,20,29-30H,4-5,7-8,23H2,(H,31,32)(H,24,25,26)/t13-,14-,16-,17-,20-/m1/s1. The van der Waals surface area contributed by atoms with Crippen LogP contribution in [0.1, 0.15) is 18.2 Å². The van der Waals surface area contributed by atoms with Crippen LogP contribution in [0, 0.1) is 5.82 Å². The quantitative estimate of drug-likeness (QED) is 0.253. The molecular formula is C21H25FN6O5S. The lowest BCUT2D eigenvalue weighted by atomic mass is 10.1. The lowest BCUT2D eigenvalue weighted by Crippen LogP contribution is -2.33. The molecule has 1 saturated heterocycles. The molecular weight excluding hydrogens is 467 g/mol. The molecule has 3 aromatic rings. The van der Waals surface area contributed by atoms with Crippen molar-refractivity contribution in [3.8, 4) is 0 Å². The number of aliphatic hydroxyl groups excluding tert-OH is 2. The Hall–Kier alpha value is -2.84. The van der Waals surface area contributed by atoms with Crippen LogP contribution in [-0.4, -0.2) is 76.7 Å². The minimum Gasteiger partial charge on any atom is -0.480 e. The number of thioether (sulfide) groups is 1. The average molecular weight is 493 g/mol. The van der Waals surface area contributed by atoms with Gasteiger partial charge in [0.05, 0.1) is 12.4 Å². The second kappa shape index (κ2) is 10.6. The van der Waals surface area contributed by atoms with E-state index in [2.05, 4.69) is 20.3 Å². The number of hydrogen-bond donors (Lipinski definition) is 5. The molecule has 2 aromatic heterocycles. The lowest BCUT2D eigenvalue weighted by Gasteiger charge is -2.16. The number of halogens is 1. The SMILES string of the molecule is N[C@H](CCSC[C@H]1O[C@@H](n2cnc3c(NCc4cccc(F)c4)ncnc32)[C@H](O)[C@@H]1O)C(=O)O. The van der Waals surface area contributed by atoms with Crippen LogP contribution >= 0.6 is 11.8 Å². The summed E-state index contributed by atoms with van der Waals surface area (Å²) in [5, 5.41) is 33.0. The van der Waals surface area contributed by atoms with Gasteiger partial charge in [0.2, 0.25) is 0 Å². The fraction of sp³-hybridized carbons (Fsp3) is 0.429. The van der Waals surface area contributed by atoms with Crippen molar-refractivity contribution < 1.29 is 29.2 Å². The smallest absolute Gasteiger partial charge is 0.320 e. The number of imidazole rings is 1. The van der Waals surface area contributed by atoms with Crippen LogP contribution in [0.25, 0.3) is 11.2 Å². The molecule has 0 amide bonds. The molecule has 5 atom stereocenters. The van der Waals surface area contributed by atoms with Crippen molar-refractivity contribution in [3.05, 3.63) is 48.3 Å². The monoisotopic (exact) mass is 492 g/mol. The van der Waals surface area contributed by atoms with Gasteiger partial charge in [-0.2, -0.15) is 11.8 Å². The maximum Gasteiger partial charge on any atom is 0.320 e. The van der Waals surface area contributed by atoms with Gasteiger partial charge in [0, 0.05) is 12.3 Å². The summed E-state index contributed by atoms with van der Waals surface area (Å²) in [5.74, 6) is -0.138. The van der Waals surface area contributed by atoms with Crippen molar-refractivity contribution in [3.63, 3.8) is 0 Å². The average Bonchev–Trinajstić information content (AvgIpc) is 3.37. The molecule has 0 saturated carbocycles. The van der Waals surface area contributed by atoms with Crippen molar-refractivity contribution >= 4 is 34.7 Å². The molecule has 0 bridgehead atoms. The van der Waals surface area contributed by atoms with Gasteiger partial charge in [-0.1, -0.05) is 12.1 Å². The molecule has 6 N–H and O–H groups in total. The normalized spacial score (nSPS) is 23.3. The summed E-state index contributed by atoms with van der Waals surface area (Å²) in [4.78, 5) is 23.6. The van der Waals surface area contributed by atoms with E-state index in [0.29, 0.717) is 35.0 Å². The van der Waals surface area contributed by atoms with Crippen LogP contribution in [0.4, 0.5) is 10.2 Å². The number of carbonyl (C=O) groups is 1. The van der Waals surface area contributed by atoms with Crippen molar-refractivity contribution in [1.82, 2.24) is 19.5 Å². The van der Waals surface area contributed by atoms with E-state index in [1.54, 1.807) is 12.1 Å². The van der Waals surface area contributed by atoms with Crippen LogP contribution in [0.3, 0.4) is 0 Å². The van der Waals surface area contributed by atoms with E-state index in [-0.39, 0.29) is 12.2 Å². The summed E-state index contributed by atoms with van der Waals surface area (Å²) >= 11 is 1.39. The first-order chi connectivity index (χ1) is 16.3. The molecule has 0 radical (unpaired) electrons. The van der Waals surface area contributed by atoms with E-state index in [4.69, 9.17) is 15.6 Å². The van der Waals surface area contributed by atoms with Crippen LogP contribution < -0.4 is 11.1 Å². The number of anilines is 1. The van der Waals surface area contributed by atoms with E-state index >= 15 is 0 Å². The maximum absolute atomic E-state index is 13.4. The Morgan fingerprint density at radius 2 is 2.12 bits per heavy atom. The predicted molar refractivity (Wildman–Crippen MR) is 123 cm³/mol. The molecule has 13 heteroatoms. The van der Waals surface area contributed by atoms with Crippen molar-refractivity contribution in [2.75, 3.05) is 16.8 Å². The minimum atomic E-state index is -1.22. The first-order valence-electron chi connectivity index (χ1n) is 10.6. The molecule has 1 fully saturated rings. The van der Waals surface area contributed by atoms with Crippen LogP contribution in [-0.2, 0) is 16.1 Å². The third-order valence-electron chi connectivity index (χ3n) is 5.49. The Bertz CT molecular complexity index is 1150. The third kappa shape index (κ3) is 5.28. The second-order valence-electron chi connectivity index (χ2n) is 7.88. The van der Waals surface area contributed by atoms with Gasteiger partial charge in [-0.05, 0) is 29.9 Å². The van der Waals surface area contributed by atoms with Crippen molar-refractivity contribution in [2.45, 2.75) is 43.5 Å². The highest BCUT2D eigenvalue weighted by Crippen LogP contribution is 2.33.